The number of fused-ring (bicyclic) bond motifs is 3. The van der Waals surface area contributed by atoms with E-state index in [1.807, 2.05) is 0 Å². The number of amides is 2. The van der Waals surface area contributed by atoms with E-state index in [2.05, 4.69) is 34.1 Å². The Morgan fingerprint density at radius 3 is 2.65 bits per heavy atom. The van der Waals surface area contributed by atoms with Crippen molar-refractivity contribution in [3.05, 3.63) is 35.5 Å². The van der Waals surface area contributed by atoms with Crippen molar-refractivity contribution in [3.8, 4) is 0 Å². The molecule has 2 amide bonds. The normalized spacial score (nSPS) is 25.6. The summed E-state index contributed by atoms with van der Waals surface area (Å²) in [6.07, 6.45) is 6.30. The maximum Gasteiger partial charge on any atom is 0.407 e. The van der Waals surface area contributed by atoms with Crippen LogP contribution in [0.25, 0.3) is 10.9 Å². The van der Waals surface area contributed by atoms with Gasteiger partial charge in [0.05, 0.1) is 6.04 Å². The molecule has 3 atom stereocenters. The Hall–Kier alpha value is -1.98. The molecule has 31 heavy (non-hydrogen) atoms. The summed E-state index contributed by atoms with van der Waals surface area (Å²) in [5, 5.41) is 10.6. The Balaban J connectivity index is 0.00000231. The second-order valence-corrected chi connectivity index (χ2v) is 9.44. The van der Waals surface area contributed by atoms with Crippen molar-refractivity contribution >= 4 is 22.9 Å². The maximum atomic E-state index is 13.8. The number of rotatable bonds is 4. The Morgan fingerprint density at radius 2 is 1.90 bits per heavy atom. The molecule has 5 rings (SSSR count). The van der Waals surface area contributed by atoms with Crippen molar-refractivity contribution in [1.29, 1.82) is 0 Å². The van der Waals surface area contributed by atoms with E-state index in [4.69, 9.17) is 0 Å². The van der Waals surface area contributed by atoms with Gasteiger partial charge >= 0.3 is 6.09 Å². The van der Waals surface area contributed by atoms with Gasteiger partial charge in [-0.3, -0.25) is 4.79 Å². The molecule has 2 heterocycles. The first-order valence-electron chi connectivity index (χ1n) is 11.4. The van der Waals surface area contributed by atoms with Crippen LogP contribution in [0.15, 0.2) is 24.3 Å². The van der Waals surface area contributed by atoms with Crippen LogP contribution in [0.3, 0.4) is 0 Å². The molecule has 0 spiro atoms. The molecule has 2 fully saturated rings. The van der Waals surface area contributed by atoms with Crippen LogP contribution in [0, 0.1) is 17.8 Å². The first-order chi connectivity index (χ1) is 14.5. The number of para-hydroxylation sites is 1. The average Bonchev–Trinajstić information content (AvgIpc) is 3.52. The fourth-order valence-corrected chi connectivity index (χ4v) is 5.81. The quantitative estimate of drug-likeness (QED) is 0.657. The molecular formula is C24H31FeN3O3. The minimum atomic E-state index is -0.914. The number of aromatic nitrogens is 1. The molecule has 3 unspecified atom stereocenters. The van der Waals surface area contributed by atoms with Gasteiger partial charge in [0.1, 0.15) is 0 Å². The van der Waals surface area contributed by atoms with Gasteiger partial charge in [0.25, 0.3) is 0 Å². The number of nitrogens with zero attached hydrogens (tertiary/aromatic N) is 2. The third kappa shape index (κ3) is 4.10. The standard InChI is InChI=1S/C24H31N3O3.Fe/c1-26(24(29)30)14-16-6-2-3-7-17(16)23(28)27-13-12-19-18-8-4-5-9-20(18)25-21(19)22(27)15-10-11-15;/h4-5,8-9,15-17,22,25H,2-3,6-7,10-14H2,1H3,(H,29,30);. The average molecular weight is 465 g/mol. The zero-order valence-corrected chi connectivity index (χ0v) is 19.1. The molecule has 2 N–H and O–H groups in total. The zero-order chi connectivity index (χ0) is 20.8. The van der Waals surface area contributed by atoms with Gasteiger partial charge in [-0.2, -0.15) is 0 Å². The van der Waals surface area contributed by atoms with Crippen molar-refractivity contribution < 1.29 is 31.8 Å². The fraction of sp³-hybridized carbons (Fsp3) is 0.583. The number of carbonyl (C=O) groups is 2. The molecule has 0 radical (unpaired) electrons. The van der Waals surface area contributed by atoms with E-state index in [0.29, 0.717) is 12.5 Å². The topological polar surface area (TPSA) is 76.6 Å². The van der Waals surface area contributed by atoms with E-state index < -0.39 is 6.09 Å². The Labute approximate surface area is 193 Å². The minimum absolute atomic E-state index is 0. The van der Waals surface area contributed by atoms with E-state index in [1.54, 1.807) is 7.05 Å². The molecule has 1 aliphatic heterocycles. The second kappa shape index (κ2) is 8.87. The monoisotopic (exact) mass is 465 g/mol. The van der Waals surface area contributed by atoms with Crippen molar-refractivity contribution in [2.75, 3.05) is 20.1 Å². The number of benzene rings is 1. The van der Waals surface area contributed by atoms with Crippen molar-refractivity contribution in [2.45, 2.75) is 51.0 Å². The summed E-state index contributed by atoms with van der Waals surface area (Å²) in [6.45, 7) is 1.22. The molecule has 2 aromatic rings. The van der Waals surface area contributed by atoms with E-state index >= 15 is 0 Å². The number of carbonyl (C=O) groups excluding carboxylic acids is 1. The molecule has 0 bridgehead atoms. The molecule has 0 saturated heterocycles. The summed E-state index contributed by atoms with van der Waals surface area (Å²) >= 11 is 0. The summed E-state index contributed by atoms with van der Waals surface area (Å²) in [5.41, 5.74) is 3.80. The van der Waals surface area contributed by atoms with E-state index in [1.165, 1.54) is 39.9 Å². The summed E-state index contributed by atoms with van der Waals surface area (Å²) in [7, 11) is 1.61. The van der Waals surface area contributed by atoms with Crippen LogP contribution in [-0.2, 0) is 28.3 Å². The van der Waals surface area contributed by atoms with Gasteiger partial charge in [0, 0.05) is 59.7 Å². The van der Waals surface area contributed by atoms with E-state index in [0.717, 1.165) is 38.6 Å². The molecular weight excluding hydrogens is 434 g/mol. The van der Waals surface area contributed by atoms with Gasteiger partial charge in [-0.15, -0.1) is 0 Å². The van der Waals surface area contributed by atoms with E-state index in [-0.39, 0.29) is 40.9 Å². The first-order valence-corrected chi connectivity index (χ1v) is 11.4. The SMILES string of the molecule is CN(CC1CCCCC1C(=O)N1CCc2c([nH]c3ccccc23)C1C1CC1)C(=O)O.[Fe]. The second-order valence-electron chi connectivity index (χ2n) is 9.44. The van der Waals surface area contributed by atoms with Crippen LogP contribution in [-0.4, -0.2) is 52.0 Å². The third-order valence-corrected chi connectivity index (χ3v) is 7.49. The predicted octanol–water partition coefficient (Wildman–Crippen LogP) is 4.42. The summed E-state index contributed by atoms with van der Waals surface area (Å²) in [6, 6.07) is 8.61. The Kier molecular flexibility index (Phi) is 6.36. The van der Waals surface area contributed by atoms with Crippen molar-refractivity contribution in [2.24, 2.45) is 17.8 Å². The van der Waals surface area contributed by atoms with Crippen LogP contribution >= 0.6 is 0 Å². The maximum absolute atomic E-state index is 13.8. The first kappa shape index (κ1) is 22.2. The molecule has 1 aromatic carbocycles. The molecule has 2 saturated carbocycles. The van der Waals surface area contributed by atoms with Crippen LogP contribution in [0.1, 0.15) is 55.8 Å². The fourth-order valence-electron chi connectivity index (χ4n) is 5.81. The van der Waals surface area contributed by atoms with Crippen LogP contribution in [0.5, 0.6) is 0 Å². The number of nitrogens with one attached hydrogen (secondary N) is 1. The predicted molar refractivity (Wildman–Crippen MR) is 115 cm³/mol. The molecule has 2 aliphatic carbocycles. The number of hydrogen-bond donors (Lipinski definition) is 2. The molecule has 1 aromatic heterocycles. The number of H-pyrrole nitrogens is 1. The molecule has 6 nitrogen and oxygen atoms in total. The smallest absolute Gasteiger partial charge is 0.407 e. The van der Waals surface area contributed by atoms with Crippen LogP contribution in [0.4, 0.5) is 4.79 Å². The van der Waals surface area contributed by atoms with Gasteiger partial charge in [-0.25, -0.2) is 4.79 Å². The Bertz CT molecular complexity index is 970. The summed E-state index contributed by atoms with van der Waals surface area (Å²) < 4.78 is 0. The zero-order valence-electron chi connectivity index (χ0n) is 18.0. The van der Waals surface area contributed by atoms with Gasteiger partial charge in [0.2, 0.25) is 5.91 Å². The van der Waals surface area contributed by atoms with Crippen molar-refractivity contribution in [1.82, 2.24) is 14.8 Å². The summed E-state index contributed by atoms with van der Waals surface area (Å²) in [5.74, 6) is 0.855. The van der Waals surface area contributed by atoms with Gasteiger partial charge in [-0.05, 0) is 55.6 Å². The van der Waals surface area contributed by atoms with Crippen LogP contribution < -0.4 is 0 Å². The van der Waals surface area contributed by atoms with Gasteiger partial charge in [0.15, 0.2) is 0 Å². The number of carboxylic acid groups (broad SMARTS) is 1. The molecule has 168 valence electrons. The Morgan fingerprint density at radius 1 is 1.16 bits per heavy atom. The van der Waals surface area contributed by atoms with E-state index in [9.17, 15) is 14.7 Å². The van der Waals surface area contributed by atoms with Crippen LogP contribution in [0.2, 0.25) is 0 Å². The third-order valence-electron chi connectivity index (χ3n) is 7.49. The summed E-state index contributed by atoms with van der Waals surface area (Å²) in [4.78, 5) is 32.3. The van der Waals surface area contributed by atoms with Crippen molar-refractivity contribution in [3.63, 3.8) is 0 Å². The largest absolute Gasteiger partial charge is 0.465 e. The van der Waals surface area contributed by atoms with Gasteiger partial charge < -0.3 is 19.9 Å². The van der Waals surface area contributed by atoms with Gasteiger partial charge in [-0.1, -0.05) is 31.0 Å². The molecule has 3 aliphatic rings. The minimum Gasteiger partial charge on any atom is -0.465 e. The number of aromatic amines is 1. The number of hydrogen-bond acceptors (Lipinski definition) is 2. The molecule has 7 heteroatoms.